The van der Waals surface area contributed by atoms with Crippen LogP contribution in [0.1, 0.15) is 52.4 Å². The van der Waals surface area contributed by atoms with Gasteiger partial charge in [0.05, 0.1) is 10.6 Å². The van der Waals surface area contributed by atoms with Crippen LogP contribution in [0.2, 0.25) is 0 Å². The number of hydrogen-bond acceptors (Lipinski definition) is 4. The number of rotatable bonds is 3. The lowest BCUT2D eigenvalue weighted by Gasteiger charge is -2.37. The van der Waals surface area contributed by atoms with Crippen molar-refractivity contribution < 1.29 is 18.0 Å². The first-order valence-electron chi connectivity index (χ1n) is 8.82. The van der Waals surface area contributed by atoms with Crippen LogP contribution in [-0.4, -0.2) is 36.6 Å². The smallest absolute Gasteiger partial charge is 0.243 e. The number of benzene rings is 1. The molecule has 0 N–H and O–H groups in total. The maximum absolute atomic E-state index is 13.0. The summed E-state index contributed by atoms with van der Waals surface area (Å²) in [4.78, 5) is 25.4. The summed E-state index contributed by atoms with van der Waals surface area (Å²) >= 11 is 0. The van der Waals surface area contributed by atoms with Gasteiger partial charge in [-0.05, 0) is 57.4 Å². The van der Waals surface area contributed by atoms with Crippen LogP contribution in [0.3, 0.4) is 0 Å². The molecule has 2 amide bonds. The maximum Gasteiger partial charge on any atom is 0.243 e. The van der Waals surface area contributed by atoms with Gasteiger partial charge in [-0.2, -0.15) is 4.31 Å². The fourth-order valence-corrected chi connectivity index (χ4v) is 5.68. The van der Waals surface area contributed by atoms with Gasteiger partial charge in [-0.3, -0.25) is 14.5 Å². The monoisotopic (exact) mass is 364 g/mol. The Hall–Kier alpha value is -1.73. The second-order valence-electron chi connectivity index (χ2n) is 6.93. The Morgan fingerprint density at radius 2 is 1.40 bits per heavy atom. The molecule has 0 unspecified atom stereocenters. The van der Waals surface area contributed by atoms with Crippen LogP contribution in [0.15, 0.2) is 29.2 Å². The SMILES string of the molecule is C[C@@H]1CCC[C@H](C)N1S(=O)(=O)c1ccc(N2C(=O)CCCC2=O)cc1. The summed E-state index contributed by atoms with van der Waals surface area (Å²) in [5.41, 5.74) is 0.438. The van der Waals surface area contributed by atoms with Crippen LogP contribution in [0, 0.1) is 0 Å². The zero-order chi connectivity index (χ0) is 18.2. The molecule has 0 aromatic heterocycles. The van der Waals surface area contributed by atoms with Crippen molar-refractivity contribution in [3.8, 4) is 0 Å². The molecule has 2 fully saturated rings. The van der Waals surface area contributed by atoms with E-state index >= 15 is 0 Å². The predicted molar refractivity (Wildman–Crippen MR) is 94.6 cm³/mol. The molecule has 136 valence electrons. The van der Waals surface area contributed by atoms with Gasteiger partial charge in [-0.25, -0.2) is 8.42 Å². The second kappa shape index (κ2) is 6.88. The first kappa shape index (κ1) is 18.1. The van der Waals surface area contributed by atoms with Crippen molar-refractivity contribution in [2.45, 2.75) is 69.4 Å². The van der Waals surface area contributed by atoms with Crippen LogP contribution in [-0.2, 0) is 19.6 Å². The van der Waals surface area contributed by atoms with Gasteiger partial charge in [0.1, 0.15) is 0 Å². The Morgan fingerprint density at radius 3 is 1.92 bits per heavy atom. The quantitative estimate of drug-likeness (QED) is 0.773. The van der Waals surface area contributed by atoms with E-state index < -0.39 is 10.0 Å². The Balaban J connectivity index is 1.89. The van der Waals surface area contributed by atoms with Crippen molar-refractivity contribution in [1.29, 1.82) is 0 Å². The summed E-state index contributed by atoms with van der Waals surface area (Å²) in [6.07, 6.45) is 4.01. The van der Waals surface area contributed by atoms with Crippen LogP contribution in [0.4, 0.5) is 5.69 Å². The Labute approximate surface area is 148 Å². The Bertz CT molecular complexity index is 747. The normalized spacial score (nSPS) is 26.1. The Kier molecular flexibility index (Phi) is 4.97. The number of carbonyl (C=O) groups excluding carboxylic acids is 2. The molecule has 25 heavy (non-hydrogen) atoms. The Morgan fingerprint density at radius 1 is 0.880 bits per heavy atom. The van der Waals surface area contributed by atoms with E-state index in [1.165, 1.54) is 12.1 Å². The van der Waals surface area contributed by atoms with E-state index in [1.54, 1.807) is 16.4 Å². The molecule has 1 aromatic rings. The van der Waals surface area contributed by atoms with Gasteiger partial charge in [0, 0.05) is 24.9 Å². The predicted octanol–water partition coefficient (Wildman–Crippen LogP) is 2.68. The standard InChI is InChI=1S/C18H24N2O4S/c1-13-5-3-6-14(2)20(13)25(23,24)16-11-9-15(10-12-16)19-17(21)7-4-8-18(19)22/h9-14H,3-8H2,1-2H3/t13-,14+. The van der Waals surface area contributed by atoms with Crippen LogP contribution in [0.25, 0.3) is 0 Å². The fraction of sp³-hybridized carbons (Fsp3) is 0.556. The number of imide groups is 1. The third-order valence-corrected chi connectivity index (χ3v) is 7.21. The van der Waals surface area contributed by atoms with Crippen molar-refractivity contribution in [2.24, 2.45) is 0 Å². The van der Waals surface area contributed by atoms with E-state index in [9.17, 15) is 18.0 Å². The summed E-state index contributed by atoms with van der Waals surface area (Å²) in [6.45, 7) is 3.87. The van der Waals surface area contributed by atoms with Gasteiger partial charge >= 0.3 is 0 Å². The average molecular weight is 364 g/mol. The topological polar surface area (TPSA) is 74.8 Å². The van der Waals surface area contributed by atoms with Crippen molar-refractivity contribution in [3.63, 3.8) is 0 Å². The number of nitrogens with zero attached hydrogens (tertiary/aromatic N) is 2. The van der Waals surface area contributed by atoms with E-state index in [4.69, 9.17) is 0 Å². The summed E-state index contributed by atoms with van der Waals surface area (Å²) in [7, 11) is -3.59. The molecule has 1 aromatic carbocycles. The minimum absolute atomic E-state index is 0.0290. The maximum atomic E-state index is 13.0. The zero-order valence-electron chi connectivity index (χ0n) is 14.6. The average Bonchev–Trinajstić information content (AvgIpc) is 2.55. The first-order chi connectivity index (χ1) is 11.8. The van der Waals surface area contributed by atoms with Gasteiger partial charge in [-0.1, -0.05) is 6.42 Å². The first-order valence-corrected chi connectivity index (χ1v) is 10.3. The highest BCUT2D eigenvalue weighted by Gasteiger charge is 2.36. The van der Waals surface area contributed by atoms with Crippen molar-refractivity contribution >= 4 is 27.5 Å². The third-order valence-electron chi connectivity index (χ3n) is 5.06. The number of amides is 2. The molecule has 0 aliphatic carbocycles. The van der Waals surface area contributed by atoms with E-state index in [0.29, 0.717) is 24.9 Å². The van der Waals surface area contributed by atoms with Gasteiger partial charge < -0.3 is 0 Å². The van der Waals surface area contributed by atoms with E-state index in [0.717, 1.165) is 24.2 Å². The lowest BCUT2D eigenvalue weighted by Crippen LogP contribution is -2.47. The summed E-state index contributed by atoms with van der Waals surface area (Å²) in [5.74, 6) is -0.463. The minimum Gasteiger partial charge on any atom is -0.274 e. The molecule has 2 aliphatic rings. The highest BCUT2D eigenvalue weighted by atomic mass is 32.2. The van der Waals surface area contributed by atoms with Crippen LogP contribution < -0.4 is 4.90 Å². The number of carbonyl (C=O) groups is 2. The molecule has 0 radical (unpaired) electrons. The second-order valence-corrected chi connectivity index (χ2v) is 8.78. The lowest BCUT2D eigenvalue weighted by molar-refractivity contribution is -0.129. The molecule has 0 spiro atoms. The third kappa shape index (κ3) is 3.35. The van der Waals surface area contributed by atoms with Crippen molar-refractivity contribution in [2.75, 3.05) is 4.90 Å². The van der Waals surface area contributed by atoms with Crippen LogP contribution in [0.5, 0.6) is 0 Å². The fourth-order valence-electron chi connectivity index (χ4n) is 3.80. The number of anilines is 1. The van der Waals surface area contributed by atoms with Gasteiger partial charge in [0.25, 0.3) is 0 Å². The number of hydrogen-bond donors (Lipinski definition) is 0. The van der Waals surface area contributed by atoms with E-state index in [1.807, 2.05) is 13.8 Å². The molecular formula is C18H24N2O4S. The largest absolute Gasteiger partial charge is 0.274 e. The molecule has 6 nitrogen and oxygen atoms in total. The summed E-state index contributed by atoms with van der Waals surface area (Å²) in [5, 5.41) is 0. The van der Waals surface area contributed by atoms with Gasteiger partial charge in [-0.15, -0.1) is 0 Å². The minimum atomic E-state index is -3.59. The van der Waals surface area contributed by atoms with Gasteiger partial charge in [0.15, 0.2) is 0 Å². The zero-order valence-corrected chi connectivity index (χ0v) is 15.5. The molecular weight excluding hydrogens is 340 g/mol. The van der Waals surface area contributed by atoms with Crippen molar-refractivity contribution in [1.82, 2.24) is 4.31 Å². The molecule has 0 saturated carbocycles. The molecule has 7 heteroatoms. The molecule has 0 bridgehead atoms. The highest BCUT2D eigenvalue weighted by molar-refractivity contribution is 7.89. The lowest BCUT2D eigenvalue weighted by atomic mass is 10.0. The molecule has 2 saturated heterocycles. The van der Waals surface area contributed by atoms with Gasteiger partial charge in [0.2, 0.25) is 21.8 Å². The number of sulfonamides is 1. The highest BCUT2D eigenvalue weighted by Crippen LogP contribution is 2.31. The molecule has 2 aliphatic heterocycles. The molecule has 2 atom stereocenters. The molecule has 3 rings (SSSR count). The summed E-state index contributed by atoms with van der Waals surface area (Å²) < 4.78 is 27.6. The number of piperidine rings is 2. The van der Waals surface area contributed by atoms with Crippen molar-refractivity contribution in [3.05, 3.63) is 24.3 Å². The van der Waals surface area contributed by atoms with E-state index in [2.05, 4.69) is 0 Å². The van der Waals surface area contributed by atoms with Crippen LogP contribution >= 0.6 is 0 Å². The molecule has 2 heterocycles. The van der Waals surface area contributed by atoms with E-state index in [-0.39, 0.29) is 28.8 Å². The summed E-state index contributed by atoms with van der Waals surface area (Å²) in [6, 6.07) is 6.03.